The zero-order valence-electron chi connectivity index (χ0n) is 19.3. The Morgan fingerprint density at radius 1 is 1.09 bits per heavy atom. The molecular weight excluding hydrogens is 426 g/mol. The summed E-state index contributed by atoms with van der Waals surface area (Å²) < 4.78 is 32.6. The molecule has 0 spiro atoms. The van der Waals surface area contributed by atoms with Gasteiger partial charge in [-0.05, 0) is 61.7 Å². The van der Waals surface area contributed by atoms with Gasteiger partial charge in [0.05, 0.1) is 12.0 Å². The predicted octanol–water partition coefficient (Wildman–Crippen LogP) is 3.43. The number of methoxy groups -OCH3 is 1. The molecule has 32 heavy (non-hydrogen) atoms. The van der Waals surface area contributed by atoms with Crippen molar-refractivity contribution in [1.29, 1.82) is 0 Å². The second-order valence-corrected chi connectivity index (χ2v) is 9.91. The van der Waals surface area contributed by atoms with E-state index in [1.807, 2.05) is 38.1 Å². The Labute approximate surface area is 191 Å². The van der Waals surface area contributed by atoms with Crippen molar-refractivity contribution in [3.05, 3.63) is 53.6 Å². The molecule has 1 aliphatic heterocycles. The number of rotatable bonds is 8. The highest BCUT2D eigenvalue weighted by atomic mass is 32.2. The lowest BCUT2D eigenvalue weighted by Crippen LogP contribution is -2.44. The van der Waals surface area contributed by atoms with E-state index < -0.39 is 10.0 Å². The molecule has 1 amide bonds. The molecule has 0 saturated carbocycles. The molecule has 3 rings (SSSR count). The number of carbonyl (C=O) groups is 1. The van der Waals surface area contributed by atoms with Crippen LogP contribution in [0.5, 0.6) is 5.75 Å². The third-order valence-electron chi connectivity index (χ3n) is 6.04. The summed E-state index contributed by atoms with van der Waals surface area (Å²) in [7, 11) is -1.97. The summed E-state index contributed by atoms with van der Waals surface area (Å²) >= 11 is 0. The summed E-state index contributed by atoms with van der Waals surface area (Å²) in [5, 5.41) is 3.09. The summed E-state index contributed by atoms with van der Waals surface area (Å²) in [4.78, 5) is 15.4. The standard InChI is InChI=1S/C24H33N3O4S/c1-5-27(6-2)32(29,30)23-17-19(8-7-18(23)3)24(28)25-20-13-15-26(16-14-20)21-9-11-22(31-4)12-10-21/h7-12,17,20H,5-6,13-16H2,1-4H3,(H,25,28). The van der Waals surface area contributed by atoms with E-state index in [4.69, 9.17) is 4.74 Å². The Kier molecular flexibility index (Phi) is 7.79. The quantitative estimate of drug-likeness (QED) is 0.654. The van der Waals surface area contributed by atoms with Gasteiger partial charge in [-0.3, -0.25) is 4.79 Å². The molecule has 1 aliphatic rings. The van der Waals surface area contributed by atoms with Gasteiger partial charge in [0.1, 0.15) is 5.75 Å². The van der Waals surface area contributed by atoms with Gasteiger partial charge in [-0.15, -0.1) is 0 Å². The Morgan fingerprint density at radius 2 is 1.72 bits per heavy atom. The highest BCUT2D eigenvalue weighted by Gasteiger charge is 2.26. The maximum absolute atomic E-state index is 13.0. The van der Waals surface area contributed by atoms with E-state index in [1.54, 1.807) is 26.2 Å². The number of hydrogen-bond donors (Lipinski definition) is 1. The number of carbonyl (C=O) groups excluding carboxylic acids is 1. The molecule has 2 aromatic carbocycles. The van der Waals surface area contributed by atoms with Crippen molar-refractivity contribution >= 4 is 21.6 Å². The largest absolute Gasteiger partial charge is 0.497 e. The van der Waals surface area contributed by atoms with E-state index >= 15 is 0 Å². The van der Waals surface area contributed by atoms with Crippen molar-refractivity contribution in [2.45, 2.75) is 44.6 Å². The monoisotopic (exact) mass is 459 g/mol. The van der Waals surface area contributed by atoms with Crippen LogP contribution in [0.1, 0.15) is 42.6 Å². The van der Waals surface area contributed by atoms with Crippen LogP contribution in [-0.4, -0.2) is 58.0 Å². The summed E-state index contributed by atoms with van der Waals surface area (Å²) in [6.45, 7) is 7.84. The topological polar surface area (TPSA) is 79.0 Å². The van der Waals surface area contributed by atoms with Crippen LogP contribution in [-0.2, 0) is 10.0 Å². The lowest BCUT2D eigenvalue weighted by molar-refractivity contribution is 0.0931. The maximum atomic E-state index is 13.0. The van der Waals surface area contributed by atoms with Gasteiger partial charge in [0, 0.05) is 43.5 Å². The molecule has 0 unspecified atom stereocenters. The Bertz CT molecular complexity index is 1030. The lowest BCUT2D eigenvalue weighted by Gasteiger charge is -2.34. The molecule has 8 heteroatoms. The Balaban J connectivity index is 1.65. The molecule has 0 aliphatic carbocycles. The number of sulfonamides is 1. The van der Waals surface area contributed by atoms with E-state index in [-0.39, 0.29) is 16.8 Å². The fourth-order valence-corrected chi connectivity index (χ4v) is 5.77. The van der Waals surface area contributed by atoms with Gasteiger partial charge in [0.2, 0.25) is 10.0 Å². The Hall–Kier alpha value is -2.58. The number of ether oxygens (including phenoxy) is 1. The van der Waals surface area contributed by atoms with Gasteiger partial charge in [-0.2, -0.15) is 4.31 Å². The molecule has 1 saturated heterocycles. The first-order valence-corrected chi connectivity index (χ1v) is 12.5. The number of amides is 1. The summed E-state index contributed by atoms with van der Waals surface area (Å²) in [6.07, 6.45) is 1.66. The van der Waals surface area contributed by atoms with E-state index in [0.717, 1.165) is 37.4 Å². The molecule has 0 bridgehead atoms. The molecule has 1 heterocycles. The van der Waals surface area contributed by atoms with Crippen LogP contribution < -0.4 is 15.0 Å². The molecule has 0 aromatic heterocycles. The van der Waals surface area contributed by atoms with Crippen LogP contribution in [0.2, 0.25) is 0 Å². The SMILES string of the molecule is CCN(CC)S(=O)(=O)c1cc(C(=O)NC2CCN(c3ccc(OC)cc3)CC2)ccc1C. The van der Waals surface area contributed by atoms with Crippen LogP contribution in [0, 0.1) is 6.92 Å². The van der Waals surface area contributed by atoms with Crippen molar-refractivity contribution in [3.63, 3.8) is 0 Å². The smallest absolute Gasteiger partial charge is 0.251 e. The third-order valence-corrected chi connectivity index (χ3v) is 8.23. The normalized spacial score (nSPS) is 15.1. The molecule has 174 valence electrons. The summed E-state index contributed by atoms with van der Waals surface area (Å²) in [5.41, 5.74) is 2.15. The minimum Gasteiger partial charge on any atom is -0.497 e. The second-order valence-electron chi connectivity index (χ2n) is 8.00. The average Bonchev–Trinajstić information content (AvgIpc) is 2.80. The number of nitrogens with one attached hydrogen (secondary N) is 1. The maximum Gasteiger partial charge on any atom is 0.251 e. The molecular formula is C24H33N3O4S. The predicted molar refractivity (Wildman–Crippen MR) is 127 cm³/mol. The zero-order chi connectivity index (χ0) is 23.3. The first-order valence-electron chi connectivity index (χ1n) is 11.1. The van der Waals surface area contributed by atoms with Crippen LogP contribution in [0.15, 0.2) is 47.4 Å². The minimum atomic E-state index is -3.63. The summed E-state index contributed by atoms with van der Waals surface area (Å²) in [5.74, 6) is 0.597. The molecule has 7 nitrogen and oxygen atoms in total. The van der Waals surface area contributed by atoms with Crippen LogP contribution >= 0.6 is 0 Å². The summed E-state index contributed by atoms with van der Waals surface area (Å²) in [6, 6.07) is 12.9. The van der Waals surface area contributed by atoms with Crippen molar-refractivity contribution in [2.75, 3.05) is 38.2 Å². The van der Waals surface area contributed by atoms with Gasteiger partial charge < -0.3 is 15.0 Å². The van der Waals surface area contributed by atoms with Gasteiger partial charge in [-0.1, -0.05) is 19.9 Å². The van der Waals surface area contributed by atoms with E-state index in [0.29, 0.717) is 24.2 Å². The van der Waals surface area contributed by atoms with Crippen LogP contribution in [0.25, 0.3) is 0 Å². The van der Waals surface area contributed by atoms with Crippen molar-refractivity contribution in [1.82, 2.24) is 9.62 Å². The number of benzene rings is 2. The average molecular weight is 460 g/mol. The van der Waals surface area contributed by atoms with Crippen molar-refractivity contribution in [2.24, 2.45) is 0 Å². The molecule has 0 radical (unpaired) electrons. The van der Waals surface area contributed by atoms with Gasteiger partial charge >= 0.3 is 0 Å². The van der Waals surface area contributed by atoms with Crippen molar-refractivity contribution in [3.8, 4) is 5.75 Å². The van der Waals surface area contributed by atoms with Gasteiger partial charge in [-0.25, -0.2) is 8.42 Å². The first-order chi connectivity index (χ1) is 15.3. The number of nitrogens with zero attached hydrogens (tertiary/aromatic N) is 2. The van der Waals surface area contributed by atoms with Crippen molar-refractivity contribution < 1.29 is 17.9 Å². The van der Waals surface area contributed by atoms with Crippen LogP contribution in [0.3, 0.4) is 0 Å². The van der Waals surface area contributed by atoms with E-state index in [2.05, 4.69) is 10.2 Å². The third kappa shape index (κ3) is 5.24. The molecule has 1 fully saturated rings. The fourth-order valence-electron chi connectivity index (χ4n) is 4.07. The van der Waals surface area contributed by atoms with Gasteiger partial charge in [0.15, 0.2) is 0 Å². The fraction of sp³-hybridized carbons (Fsp3) is 0.458. The zero-order valence-corrected chi connectivity index (χ0v) is 20.1. The number of hydrogen-bond acceptors (Lipinski definition) is 5. The number of aryl methyl sites for hydroxylation is 1. The van der Waals surface area contributed by atoms with E-state index in [9.17, 15) is 13.2 Å². The van der Waals surface area contributed by atoms with E-state index in [1.165, 1.54) is 10.4 Å². The highest BCUT2D eigenvalue weighted by molar-refractivity contribution is 7.89. The number of piperidine rings is 1. The number of anilines is 1. The second kappa shape index (κ2) is 10.4. The van der Waals surface area contributed by atoms with Gasteiger partial charge in [0.25, 0.3) is 5.91 Å². The lowest BCUT2D eigenvalue weighted by atomic mass is 10.0. The highest BCUT2D eigenvalue weighted by Crippen LogP contribution is 2.24. The Morgan fingerprint density at radius 3 is 2.28 bits per heavy atom. The van der Waals surface area contributed by atoms with Crippen LogP contribution in [0.4, 0.5) is 5.69 Å². The molecule has 2 aromatic rings. The first kappa shape index (κ1) is 24.1. The molecule has 0 atom stereocenters. The minimum absolute atomic E-state index is 0.0566. The molecule has 1 N–H and O–H groups in total.